The van der Waals surface area contributed by atoms with Crippen LogP contribution in [0.5, 0.6) is 0 Å². The Labute approximate surface area is 283 Å². The molecule has 0 bridgehead atoms. The molecule has 0 amide bonds. The zero-order valence-electron chi connectivity index (χ0n) is 25.4. The summed E-state index contributed by atoms with van der Waals surface area (Å²) in [6, 6.07) is 49.9. The maximum absolute atomic E-state index is 5.31. The van der Waals surface area contributed by atoms with Gasteiger partial charge in [-0.25, -0.2) is 15.0 Å². The maximum atomic E-state index is 5.31. The Morgan fingerprint density at radius 3 is 1.88 bits per heavy atom. The van der Waals surface area contributed by atoms with E-state index in [1.54, 1.807) is 0 Å². The molecule has 10 aromatic rings. The number of benzene rings is 7. The molecule has 3 aromatic heterocycles. The SMILES string of the molecule is c1ccc(-c2nc(-c3ccc4c(c3)sc3ccccc34)nc(-c3cc4c(c5sc6ccccc6c35)-c3cccc5cccc-4c35)n2)cc1. The van der Waals surface area contributed by atoms with Gasteiger partial charge in [0.05, 0.1) is 0 Å². The molecule has 3 heterocycles. The molecule has 222 valence electrons. The first-order valence-electron chi connectivity index (χ1n) is 16.0. The summed E-state index contributed by atoms with van der Waals surface area (Å²) >= 11 is 3.68. The molecule has 1 aliphatic carbocycles. The Hall–Kier alpha value is -5.75. The van der Waals surface area contributed by atoms with Crippen LogP contribution in [0.1, 0.15) is 0 Å². The van der Waals surface area contributed by atoms with Crippen molar-refractivity contribution in [2.24, 2.45) is 0 Å². The van der Waals surface area contributed by atoms with E-state index in [0.717, 1.165) is 16.7 Å². The fraction of sp³-hybridized carbons (Fsp3) is 0. The van der Waals surface area contributed by atoms with Gasteiger partial charge in [0.15, 0.2) is 17.5 Å². The van der Waals surface area contributed by atoms with Gasteiger partial charge >= 0.3 is 0 Å². The topological polar surface area (TPSA) is 38.7 Å². The van der Waals surface area contributed by atoms with Gasteiger partial charge in [-0.1, -0.05) is 115 Å². The average Bonchev–Trinajstić information content (AvgIpc) is 3.82. The molecular formula is C43H23N3S2. The Kier molecular flexibility index (Phi) is 5.42. The van der Waals surface area contributed by atoms with Gasteiger partial charge in [-0.3, -0.25) is 0 Å². The molecular weight excluding hydrogens is 623 g/mol. The lowest BCUT2D eigenvalue weighted by molar-refractivity contribution is 1.08. The van der Waals surface area contributed by atoms with Gasteiger partial charge in [0, 0.05) is 62.6 Å². The van der Waals surface area contributed by atoms with Crippen molar-refractivity contribution in [1.29, 1.82) is 0 Å². The van der Waals surface area contributed by atoms with E-state index in [9.17, 15) is 0 Å². The second-order valence-electron chi connectivity index (χ2n) is 12.3. The van der Waals surface area contributed by atoms with Crippen molar-refractivity contribution >= 4 is 73.8 Å². The number of rotatable bonds is 3. The molecule has 1 aliphatic rings. The summed E-state index contributed by atoms with van der Waals surface area (Å²) in [6.45, 7) is 0. The second-order valence-corrected chi connectivity index (χ2v) is 14.5. The number of aromatic nitrogens is 3. The third-order valence-corrected chi connectivity index (χ3v) is 12.0. The third-order valence-electron chi connectivity index (χ3n) is 9.66. The van der Waals surface area contributed by atoms with E-state index in [-0.39, 0.29) is 0 Å². The van der Waals surface area contributed by atoms with Crippen molar-refractivity contribution in [2.75, 3.05) is 0 Å². The van der Waals surface area contributed by atoms with Crippen molar-refractivity contribution < 1.29 is 0 Å². The van der Waals surface area contributed by atoms with Crippen LogP contribution in [0.15, 0.2) is 140 Å². The largest absolute Gasteiger partial charge is 0.208 e. The minimum absolute atomic E-state index is 0.672. The summed E-state index contributed by atoms with van der Waals surface area (Å²) in [5.74, 6) is 2.04. The van der Waals surface area contributed by atoms with Crippen LogP contribution in [0.3, 0.4) is 0 Å². The number of thiophene rings is 2. The Morgan fingerprint density at radius 2 is 1.04 bits per heavy atom. The van der Waals surface area contributed by atoms with Gasteiger partial charge in [-0.15, -0.1) is 22.7 Å². The molecule has 0 unspecified atom stereocenters. The summed E-state index contributed by atoms with van der Waals surface area (Å²) in [5.41, 5.74) is 8.12. The van der Waals surface area contributed by atoms with Crippen molar-refractivity contribution in [1.82, 2.24) is 15.0 Å². The van der Waals surface area contributed by atoms with Crippen LogP contribution in [-0.4, -0.2) is 15.0 Å². The van der Waals surface area contributed by atoms with Crippen molar-refractivity contribution in [3.63, 3.8) is 0 Å². The highest BCUT2D eigenvalue weighted by Gasteiger charge is 2.28. The molecule has 0 atom stereocenters. The van der Waals surface area contributed by atoms with E-state index >= 15 is 0 Å². The van der Waals surface area contributed by atoms with Crippen LogP contribution < -0.4 is 0 Å². The predicted octanol–water partition coefficient (Wildman–Crippen LogP) is 12.4. The molecule has 0 spiro atoms. The molecule has 3 nitrogen and oxygen atoms in total. The van der Waals surface area contributed by atoms with Gasteiger partial charge in [-0.05, 0) is 51.7 Å². The summed E-state index contributed by atoms with van der Waals surface area (Å²) < 4.78 is 5.05. The minimum atomic E-state index is 0.672. The highest BCUT2D eigenvalue weighted by Crippen LogP contribution is 2.55. The zero-order valence-corrected chi connectivity index (χ0v) is 27.1. The fourth-order valence-corrected chi connectivity index (χ4v) is 9.97. The lowest BCUT2D eigenvalue weighted by Gasteiger charge is -2.12. The van der Waals surface area contributed by atoms with Gasteiger partial charge in [0.1, 0.15) is 0 Å². The van der Waals surface area contributed by atoms with E-state index in [1.807, 2.05) is 40.9 Å². The van der Waals surface area contributed by atoms with Crippen LogP contribution >= 0.6 is 22.7 Å². The molecule has 0 N–H and O–H groups in total. The predicted molar refractivity (Wildman–Crippen MR) is 204 cm³/mol. The van der Waals surface area contributed by atoms with Crippen molar-refractivity contribution in [2.45, 2.75) is 0 Å². The summed E-state index contributed by atoms with van der Waals surface area (Å²) in [6.07, 6.45) is 0. The molecule has 0 fully saturated rings. The first kappa shape index (κ1) is 26.3. The second kappa shape index (κ2) is 9.88. The summed E-state index contributed by atoms with van der Waals surface area (Å²) in [5, 5.41) is 7.57. The molecule has 0 aliphatic heterocycles. The minimum Gasteiger partial charge on any atom is -0.208 e. The number of nitrogens with zero attached hydrogens (tertiary/aromatic N) is 3. The summed E-state index contributed by atoms with van der Waals surface area (Å²) in [4.78, 5) is 15.7. The molecule has 7 aromatic carbocycles. The van der Waals surface area contributed by atoms with Crippen LogP contribution in [0.25, 0.3) is 108 Å². The Bertz CT molecular complexity index is 2950. The first-order valence-corrected chi connectivity index (χ1v) is 17.7. The third kappa shape index (κ3) is 3.71. The van der Waals surface area contributed by atoms with E-state index < -0.39 is 0 Å². The average molecular weight is 646 g/mol. The molecule has 48 heavy (non-hydrogen) atoms. The Balaban J connectivity index is 1.23. The van der Waals surface area contributed by atoms with E-state index in [0.29, 0.717) is 17.5 Å². The van der Waals surface area contributed by atoms with Crippen molar-refractivity contribution in [3.8, 4) is 56.4 Å². The normalized spacial score (nSPS) is 12.2. The van der Waals surface area contributed by atoms with Gasteiger partial charge < -0.3 is 0 Å². The molecule has 5 heteroatoms. The molecule has 0 radical (unpaired) electrons. The number of fused-ring (bicyclic) bond motifs is 10. The van der Waals surface area contributed by atoms with Crippen LogP contribution in [0, 0.1) is 0 Å². The monoisotopic (exact) mass is 645 g/mol. The molecule has 0 saturated carbocycles. The number of hydrogen-bond acceptors (Lipinski definition) is 5. The lowest BCUT2D eigenvalue weighted by Crippen LogP contribution is -2.00. The van der Waals surface area contributed by atoms with Gasteiger partial charge in [0.25, 0.3) is 0 Å². The van der Waals surface area contributed by atoms with E-state index in [1.165, 1.54) is 73.4 Å². The van der Waals surface area contributed by atoms with Gasteiger partial charge in [0.2, 0.25) is 0 Å². The standard InChI is InChI=1S/C43H23N3S2/c1-2-10-25(11-3-1)41-44-42(26-20-21-28-27-14-4-6-18-34(27)47-36(28)22-26)46-43(45-41)33-23-32-29-16-8-12-24-13-9-17-31(37(24)29)39(32)40-38(33)30-15-5-7-19-35(30)48-40/h1-23H. The lowest BCUT2D eigenvalue weighted by atomic mass is 9.96. The van der Waals surface area contributed by atoms with Gasteiger partial charge in [-0.2, -0.15) is 0 Å². The number of hydrogen-bond donors (Lipinski definition) is 0. The quantitative estimate of drug-likeness (QED) is 0.192. The molecule has 0 saturated heterocycles. The zero-order chi connectivity index (χ0) is 31.3. The highest BCUT2D eigenvalue weighted by atomic mass is 32.1. The first-order chi connectivity index (χ1) is 23.8. The van der Waals surface area contributed by atoms with Crippen LogP contribution in [0.2, 0.25) is 0 Å². The van der Waals surface area contributed by atoms with E-state index in [4.69, 9.17) is 15.0 Å². The fourth-order valence-electron chi connectivity index (χ4n) is 7.54. The summed E-state index contributed by atoms with van der Waals surface area (Å²) in [7, 11) is 0. The van der Waals surface area contributed by atoms with Crippen molar-refractivity contribution in [3.05, 3.63) is 140 Å². The smallest absolute Gasteiger partial charge is 0.164 e. The maximum Gasteiger partial charge on any atom is 0.164 e. The molecule has 11 rings (SSSR count). The highest BCUT2D eigenvalue weighted by molar-refractivity contribution is 7.26. The van der Waals surface area contributed by atoms with E-state index in [2.05, 4.69) is 121 Å². The van der Waals surface area contributed by atoms with Crippen LogP contribution in [0.4, 0.5) is 0 Å². The Morgan fingerprint density at radius 1 is 0.375 bits per heavy atom. The van der Waals surface area contributed by atoms with Crippen LogP contribution in [-0.2, 0) is 0 Å².